The van der Waals surface area contributed by atoms with Gasteiger partial charge in [-0.05, 0) is 32.3 Å². The van der Waals surface area contributed by atoms with Gasteiger partial charge in [-0.25, -0.2) is 0 Å². The lowest BCUT2D eigenvalue weighted by atomic mass is 10.2. The molecule has 0 heterocycles. The average Bonchev–Trinajstić information content (AvgIpc) is 2.01. The van der Waals surface area contributed by atoms with Crippen molar-refractivity contribution in [2.75, 3.05) is 20.6 Å². The van der Waals surface area contributed by atoms with Crippen LogP contribution in [0.2, 0.25) is 10.0 Å². The Labute approximate surface area is 94.6 Å². The van der Waals surface area contributed by atoms with E-state index in [2.05, 4.69) is 11.8 Å². The molecular formula is C11H11Cl2N. The van der Waals surface area contributed by atoms with Crippen molar-refractivity contribution in [3.63, 3.8) is 0 Å². The molecule has 0 saturated heterocycles. The molecule has 0 aliphatic heterocycles. The van der Waals surface area contributed by atoms with Crippen molar-refractivity contribution in [3.05, 3.63) is 33.8 Å². The molecule has 0 bridgehead atoms. The highest BCUT2D eigenvalue weighted by molar-refractivity contribution is 6.34. The van der Waals surface area contributed by atoms with Crippen molar-refractivity contribution >= 4 is 23.2 Å². The summed E-state index contributed by atoms with van der Waals surface area (Å²) in [5.74, 6) is 6.01. The van der Waals surface area contributed by atoms with Crippen molar-refractivity contribution in [1.29, 1.82) is 0 Å². The van der Waals surface area contributed by atoms with Crippen LogP contribution in [0, 0.1) is 11.8 Å². The van der Waals surface area contributed by atoms with E-state index in [1.165, 1.54) is 0 Å². The molecule has 0 aliphatic rings. The van der Waals surface area contributed by atoms with E-state index in [9.17, 15) is 0 Å². The molecule has 0 amide bonds. The van der Waals surface area contributed by atoms with Gasteiger partial charge in [-0.3, -0.25) is 4.90 Å². The third-order valence-corrected chi connectivity index (χ3v) is 1.93. The summed E-state index contributed by atoms with van der Waals surface area (Å²) in [7, 11) is 3.94. The maximum absolute atomic E-state index is 5.83. The van der Waals surface area contributed by atoms with E-state index < -0.39 is 0 Å². The van der Waals surface area contributed by atoms with Crippen molar-refractivity contribution in [1.82, 2.24) is 4.90 Å². The quantitative estimate of drug-likeness (QED) is 0.668. The molecule has 0 aliphatic carbocycles. The third kappa shape index (κ3) is 4.02. The van der Waals surface area contributed by atoms with Crippen molar-refractivity contribution < 1.29 is 0 Å². The first-order valence-electron chi connectivity index (χ1n) is 4.17. The van der Waals surface area contributed by atoms with Crippen LogP contribution < -0.4 is 0 Å². The van der Waals surface area contributed by atoms with Crippen molar-refractivity contribution in [2.24, 2.45) is 0 Å². The molecule has 1 aromatic rings. The molecule has 0 spiro atoms. The van der Waals surface area contributed by atoms with Gasteiger partial charge in [0.15, 0.2) is 0 Å². The van der Waals surface area contributed by atoms with Crippen LogP contribution in [0.3, 0.4) is 0 Å². The number of hydrogen-bond donors (Lipinski definition) is 0. The third-order valence-electron chi connectivity index (χ3n) is 1.49. The van der Waals surface area contributed by atoms with Gasteiger partial charge in [-0.15, -0.1) is 0 Å². The zero-order valence-corrected chi connectivity index (χ0v) is 9.65. The lowest BCUT2D eigenvalue weighted by Gasteiger charge is -2.01. The second-order valence-electron chi connectivity index (χ2n) is 3.20. The molecule has 0 atom stereocenters. The maximum Gasteiger partial charge on any atom is 0.0600 e. The summed E-state index contributed by atoms with van der Waals surface area (Å²) in [6, 6.07) is 5.30. The first kappa shape index (κ1) is 11.4. The van der Waals surface area contributed by atoms with Gasteiger partial charge in [0.25, 0.3) is 0 Å². The minimum Gasteiger partial charge on any atom is -0.299 e. The van der Waals surface area contributed by atoms with Gasteiger partial charge in [0.1, 0.15) is 0 Å². The molecule has 74 valence electrons. The van der Waals surface area contributed by atoms with Crippen LogP contribution in [0.15, 0.2) is 18.2 Å². The summed E-state index contributed by atoms with van der Waals surface area (Å²) in [5.41, 5.74) is 0.851. The molecule has 0 fully saturated rings. The van der Waals surface area contributed by atoms with E-state index in [1.807, 2.05) is 19.0 Å². The Morgan fingerprint density at radius 3 is 2.21 bits per heavy atom. The summed E-state index contributed by atoms with van der Waals surface area (Å²) < 4.78 is 0. The van der Waals surface area contributed by atoms with Gasteiger partial charge in [0, 0.05) is 15.6 Å². The number of halogens is 2. The van der Waals surface area contributed by atoms with Gasteiger partial charge in [-0.2, -0.15) is 0 Å². The first-order chi connectivity index (χ1) is 6.58. The zero-order valence-electron chi connectivity index (χ0n) is 8.14. The number of nitrogens with zero attached hydrogens (tertiary/aromatic N) is 1. The maximum atomic E-state index is 5.83. The fourth-order valence-corrected chi connectivity index (χ4v) is 1.45. The first-order valence-corrected chi connectivity index (χ1v) is 4.93. The predicted molar refractivity (Wildman–Crippen MR) is 61.9 cm³/mol. The van der Waals surface area contributed by atoms with Crippen LogP contribution in [0.1, 0.15) is 5.56 Å². The second-order valence-corrected chi connectivity index (χ2v) is 4.07. The SMILES string of the molecule is CN(C)CC#Cc1cc(Cl)cc(Cl)c1. The average molecular weight is 228 g/mol. The topological polar surface area (TPSA) is 3.24 Å². The Morgan fingerprint density at radius 1 is 1.14 bits per heavy atom. The molecule has 1 rings (SSSR count). The van der Waals surface area contributed by atoms with E-state index in [-0.39, 0.29) is 0 Å². The fourth-order valence-electron chi connectivity index (χ4n) is 0.926. The highest BCUT2D eigenvalue weighted by Crippen LogP contribution is 2.18. The molecule has 0 radical (unpaired) electrons. The summed E-state index contributed by atoms with van der Waals surface area (Å²) in [4.78, 5) is 2.00. The minimum absolute atomic E-state index is 0.617. The van der Waals surface area contributed by atoms with Crippen LogP contribution in [0.5, 0.6) is 0 Å². The zero-order chi connectivity index (χ0) is 10.6. The molecule has 0 unspecified atom stereocenters. The Morgan fingerprint density at radius 2 is 1.71 bits per heavy atom. The molecule has 3 heteroatoms. The Bertz CT molecular complexity index is 354. The number of benzene rings is 1. The standard InChI is InChI=1S/C11H11Cl2N/c1-14(2)5-3-4-9-6-10(12)8-11(13)7-9/h6-8H,5H2,1-2H3. The summed E-state index contributed by atoms with van der Waals surface area (Å²) in [5, 5.41) is 1.23. The molecule has 0 saturated carbocycles. The van der Waals surface area contributed by atoms with Crippen LogP contribution in [0.25, 0.3) is 0 Å². The van der Waals surface area contributed by atoms with Crippen LogP contribution in [-0.4, -0.2) is 25.5 Å². The molecule has 1 aromatic carbocycles. The molecular weight excluding hydrogens is 217 g/mol. The monoisotopic (exact) mass is 227 g/mol. The highest BCUT2D eigenvalue weighted by Gasteiger charge is 1.94. The number of hydrogen-bond acceptors (Lipinski definition) is 1. The Hall–Kier alpha value is -0.680. The van der Waals surface area contributed by atoms with Gasteiger partial charge in [-0.1, -0.05) is 35.0 Å². The normalized spacial score (nSPS) is 9.79. The van der Waals surface area contributed by atoms with Gasteiger partial charge in [0.2, 0.25) is 0 Å². The molecule has 0 aromatic heterocycles. The van der Waals surface area contributed by atoms with Crippen molar-refractivity contribution in [2.45, 2.75) is 0 Å². The van der Waals surface area contributed by atoms with E-state index >= 15 is 0 Å². The smallest absolute Gasteiger partial charge is 0.0600 e. The summed E-state index contributed by atoms with van der Waals surface area (Å²) in [6.45, 7) is 0.726. The lowest BCUT2D eigenvalue weighted by Crippen LogP contribution is -2.10. The van der Waals surface area contributed by atoms with E-state index in [4.69, 9.17) is 23.2 Å². The van der Waals surface area contributed by atoms with Crippen LogP contribution in [-0.2, 0) is 0 Å². The fraction of sp³-hybridized carbons (Fsp3) is 0.273. The van der Waals surface area contributed by atoms with Gasteiger partial charge in [0.05, 0.1) is 6.54 Å². The van der Waals surface area contributed by atoms with E-state index in [0.717, 1.165) is 12.1 Å². The van der Waals surface area contributed by atoms with E-state index in [1.54, 1.807) is 18.2 Å². The van der Waals surface area contributed by atoms with E-state index in [0.29, 0.717) is 10.0 Å². The van der Waals surface area contributed by atoms with Crippen LogP contribution >= 0.6 is 23.2 Å². The predicted octanol–water partition coefficient (Wildman–Crippen LogP) is 2.91. The largest absolute Gasteiger partial charge is 0.299 e. The summed E-state index contributed by atoms with van der Waals surface area (Å²) in [6.07, 6.45) is 0. The van der Waals surface area contributed by atoms with Crippen LogP contribution in [0.4, 0.5) is 0 Å². The van der Waals surface area contributed by atoms with Gasteiger partial charge < -0.3 is 0 Å². The Balaban J connectivity index is 2.79. The molecule has 1 nitrogen and oxygen atoms in total. The molecule has 0 N–H and O–H groups in total. The van der Waals surface area contributed by atoms with Crippen molar-refractivity contribution in [3.8, 4) is 11.8 Å². The summed E-state index contributed by atoms with van der Waals surface area (Å²) >= 11 is 11.7. The Kier molecular flexibility index (Phi) is 4.28. The van der Waals surface area contributed by atoms with Gasteiger partial charge >= 0.3 is 0 Å². The second kappa shape index (κ2) is 5.26. The molecule has 14 heavy (non-hydrogen) atoms. The lowest BCUT2D eigenvalue weighted by molar-refractivity contribution is 0.464. The highest BCUT2D eigenvalue weighted by atomic mass is 35.5. The minimum atomic E-state index is 0.617. The number of rotatable bonds is 1.